The summed E-state index contributed by atoms with van der Waals surface area (Å²) in [6.07, 6.45) is 8.05. The summed E-state index contributed by atoms with van der Waals surface area (Å²) in [5.74, 6) is -0.162. The maximum Gasteiger partial charge on any atom is 0.123 e. The second-order valence-corrected chi connectivity index (χ2v) is 4.41. The molecule has 2 rings (SSSR count). The molecule has 0 bridgehead atoms. The van der Waals surface area contributed by atoms with Crippen LogP contribution in [0.5, 0.6) is 0 Å². The second kappa shape index (κ2) is 5.26. The molecule has 1 aromatic rings. The lowest BCUT2D eigenvalue weighted by Crippen LogP contribution is -2.30. The van der Waals surface area contributed by atoms with E-state index in [1.165, 1.54) is 25.3 Å². The average molecular weight is 219 g/mol. The second-order valence-electron chi connectivity index (χ2n) is 4.41. The first-order valence-corrected chi connectivity index (χ1v) is 5.94. The van der Waals surface area contributed by atoms with Gasteiger partial charge in [-0.2, -0.15) is 0 Å². The van der Waals surface area contributed by atoms with Crippen LogP contribution in [0.2, 0.25) is 0 Å². The number of halogens is 1. The summed E-state index contributed by atoms with van der Waals surface area (Å²) >= 11 is 0. The largest absolute Gasteiger partial charge is 0.304 e. The normalized spacial score (nSPS) is 22.0. The maximum absolute atomic E-state index is 13.1. The van der Waals surface area contributed by atoms with E-state index in [4.69, 9.17) is 0 Å². The molecule has 1 aliphatic carbocycles. The van der Waals surface area contributed by atoms with Crippen LogP contribution in [-0.4, -0.2) is 6.04 Å². The van der Waals surface area contributed by atoms with Crippen LogP contribution in [0.4, 0.5) is 4.39 Å². The molecule has 2 atom stereocenters. The summed E-state index contributed by atoms with van der Waals surface area (Å²) in [6.45, 7) is 2.08. The summed E-state index contributed by atoms with van der Waals surface area (Å²) in [5, 5.41) is 3.51. The van der Waals surface area contributed by atoms with Gasteiger partial charge in [0.05, 0.1) is 0 Å². The lowest BCUT2D eigenvalue weighted by atomic mass is 10.0. The fourth-order valence-electron chi connectivity index (χ4n) is 2.14. The zero-order chi connectivity index (χ0) is 11.4. The summed E-state index contributed by atoms with van der Waals surface area (Å²) < 4.78 is 13.1. The number of hydrogen-bond donors (Lipinski definition) is 1. The van der Waals surface area contributed by atoms with Crippen molar-refractivity contribution < 1.29 is 4.39 Å². The topological polar surface area (TPSA) is 12.0 Å². The van der Waals surface area contributed by atoms with Crippen molar-refractivity contribution in [3.8, 4) is 0 Å². The van der Waals surface area contributed by atoms with Crippen LogP contribution in [0.15, 0.2) is 36.4 Å². The molecule has 0 saturated carbocycles. The van der Waals surface area contributed by atoms with Gasteiger partial charge >= 0.3 is 0 Å². The fourth-order valence-corrected chi connectivity index (χ4v) is 2.14. The van der Waals surface area contributed by atoms with Gasteiger partial charge in [-0.3, -0.25) is 0 Å². The number of allylic oxidation sites excluding steroid dienone is 1. The Bertz CT molecular complexity index is 373. The third kappa shape index (κ3) is 2.92. The molecule has 0 aromatic heterocycles. The summed E-state index contributed by atoms with van der Waals surface area (Å²) in [7, 11) is 0. The summed E-state index contributed by atoms with van der Waals surface area (Å²) in [6, 6.07) is 7.45. The van der Waals surface area contributed by atoms with Crippen LogP contribution < -0.4 is 5.32 Å². The van der Waals surface area contributed by atoms with Crippen molar-refractivity contribution in [2.45, 2.75) is 38.3 Å². The number of nitrogens with one attached hydrogen (secondary N) is 1. The molecule has 1 N–H and O–H groups in total. The molecule has 86 valence electrons. The standard InChI is InChI=1S/C14H18FN/c1-11(12-6-5-7-13(15)10-12)16-14-8-3-2-4-9-14/h3,5-8,10-11,14,16H,2,4,9H2,1H3/t11-,14?/m1/s1. The zero-order valence-electron chi connectivity index (χ0n) is 9.62. The van der Waals surface area contributed by atoms with Crippen LogP contribution in [-0.2, 0) is 0 Å². The molecule has 0 amide bonds. The summed E-state index contributed by atoms with van der Waals surface area (Å²) in [5.41, 5.74) is 1.01. The van der Waals surface area contributed by atoms with E-state index in [0.717, 1.165) is 5.56 Å². The third-order valence-corrected chi connectivity index (χ3v) is 3.07. The van der Waals surface area contributed by atoms with E-state index >= 15 is 0 Å². The van der Waals surface area contributed by atoms with Crippen molar-refractivity contribution in [3.63, 3.8) is 0 Å². The zero-order valence-corrected chi connectivity index (χ0v) is 9.62. The predicted octanol–water partition coefficient (Wildman–Crippen LogP) is 3.59. The SMILES string of the molecule is C[C@@H](NC1C=CCCC1)c1cccc(F)c1. The molecular weight excluding hydrogens is 201 g/mol. The lowest BCUT2D eigenvalue weighted by Gasteiger charge is -2.23. The van der Waals surface area contributed by atoms with Crippen molar-refractivity contribution in [1.82, 2.24) is 5.32 Å². The highest BCUT2D eigenvalue weighted by molar-refractivity contribution is 5.20. The monoisotopic (exact) mass is 219 g/mol. The van der Waals surface area contributed by atoms with E-state index in [0.29, 0.717) is 6.04 Å². The quantitative estimate of drug-likeness (QED) is 0.766. The predicted molar refractivity (Wildman–Crippen MR) is 64.7 cm³/mol. The molecule has 0 radical (unpaired) electrons. The first-order chi connectivity index (χ1) is 7.75. The lowest BCUT2D eigenvalue weighted by molar-refractivity contribution is 0.466. The Morgan fingerprint density at radius 2 is 2.31 bits per heavy atom. The van der Waals surface area contributed by atoms with Gasteiger partial charge in [0.1, 0.15) is 5.82 Å². The van der Waals surface area contributed by atoms with Crippen molar-refractivity contribution in [2.75, 3.05) is 0 Å². The molecule has 0 aliphatic heterocycles. The Hall–Kier alpha value is -1.15. The van der Waals surface area contributed by atoms with Crippen molar-refractivity contribution in [1.29, 1.82) is 0 Å². The Kier molecular flexibility index (Phi) is 3.73. The molecular formula is C14H18FN. The van der Waals surface area contributed by atoms with Gasteiger partial charge in [-0.05, 0) is 43.9 Å². The minimum atomic E-state index is -0.162. The van der Waals surface area contributed by atoms with Gasteiger partial charge in [0.15, 0.2) is 0 Å². The first-order valence-electron chi connectivity index (χ1n) is 5.94. The maximum atomic E-state index is 13.1. The molecule has 0 spiro atoms. The first kappa shape index (κ1) is 11.3. The van der Waals surface area contributed by atoms with Gasteiger partial charge in [-0.1, -0.05) is 24.3 Å². The van der Waals surface area contributed by atoms with E-state index in [2.05, 4.69) is 24.4 Å². The number of hydrogen-bond acceptors (Lipinski definition) is 1. The molecule has 16 heavy (non-hydrogen) atoms. The van der Waals surface area contributed by atoms with E-state index in [1.54, 1.807) is 12.1 Å². The highest BCUT2D eigenvalue weighted by Gasteiger charge is 2.12. The van der Waals surface area contributed by atoms with Crippen molar-refractivity contribution in [3.05, 3.63) is 47.8 Å². The smallest absolute Gasteiger partial charge is 0.123 e. The van der Waals surface area contributed by atoms with E-state index in [1.807, 2.05) is 6.07 Å². The molecule has 0 fully saturated rings. The van der Waals surface area contributed by atoms with Crippen LogP contribution in [0.1, 0.15) is 37.8 Å². The summed E-state index contributed by atoms with van der Waals surface area (Å²) in [4.78, 5) is 0. The van der Waals surface area contributed by atoms with E-state index in [9.17, 15) is 4.39 Å². The van der Waals surface area contributed by atoms with Crippen LogP contribution >= 0.6 is 0 Å². The fraction of sp³-hybridized carbons (Fsp3) is 0.429. The van der Waals surface area contributed by atoms with Gasteiger partial charge in [0.2, 0.25) is 0 Å². The molecule has 1 unspecified atom stereocenters. The van der Waals surface area contributed by atoms with Crippen LogP contribution in [0.3, 0.4) is 0 Å². The minimum absolute atomic E-state index is 0.162. The van der Waals surface area contributed by atoms with E-state index in [-0.39, 0.29) is 11.9 Å². The molecule has 1 aliphatic rings. The average Bonchev–Trinajstić information content (AvgIpc) is 2.30. The van der Waals surface area contributed by atoms with Crippen LogP contribution in [0, 0.1) is 5.82 Å². The Morgan fingerprint density at radius 3 is 3.00 bits per heavy atom. The molecule has 2 heteroatoms. The van der Waals surface area contributed by atoms with Gasteiger partial charge in [0, 0.05) is 12.1 Å². The van der Waals surface area contributed by atoms with Gasteiger partial charge < -0.3 is 5.32 Å². The Balaban J connectivity index is 1.99. The molecule has 1 aromatic carbocycles. The number of benzene rings is 1. The molecule has 0 saturated heterocycles. The van der Waals surface area contributed by atoms with Crippen molar-refractivity contribution >= 4 is 0 Å². The third-order valence-electron chi connectivity index (χ3n) is 3.07. The van der Waals surface area contributed by atoms with E-state index < -0.39 is 0 Å². The van der Waals surface area contributed by atoms with Gasteiger partial charge in [-0.15, -0.1) is 0 Å². The van der Waals surface area contributed by atoms with Crippen molar-refractivity contribution in [2.24, 2.45) is 0 Å². The highest BCUT2D eigenvalue weighted by Crippen LogP contribution is 2.17. The molecule has 0 heterocycles. The Morgan fingerprint density at radius 1 is 1.44 bits per heavy atom. The number of rotatable bonds is 3. The Labute approximate surface area is 96.4 Å². The van der Waals surface area contributed by atoms with Gasteiger partial charge in [0.25, 0.3) is 0 Å². The van der Waals surface area contributed by atoms with Gasteiger partial charge in [-0.25, -0.2) is 4.39 Å². The molecule has 1 nitrogen and oxygen atoms in total. The minimum Gasteiger partial charge on any atom is -0.304 e. The highest BCUT2D eigenvalue weighted by atomic mass is 19.1. The van der Waals surface area contributed by atoms with Crippen LogP contribution in [0.25, 0.3) is 0 Å².